The predicted octanol–water partition coefficient (Wildman–Crippen LogP) is 10.2. The second-order valence-corrected chi connectivity index (χ2v) is 10.9. The molecule has 0 spiro atoms. The first-order valence-corrected chi connectivity index (χ1v) is 15.6. The zero-order chi connectivity index (χ0) is 30.6. The molecule has 5 nitrogen and oxygen atoms in total. The maximum atomic E-state index is 12.5. The van der Waals surface area contributed by atoms with Gasteiger partial charge in [0.05, 0.1) is 5.56 Å². The minimum Gasteiger partial charge on any atom is -0.478 e. The molecule has 1 atom stereocenters. The van der Waals surface area contributed by atoms with Crippen LogP contribution in [0.25, 0.3) is 11.1 Å². The highest BCUT2D eigenvalue weighted by atomic mass is 16.5. The third kappa shape index (κ3) is 13.3. The van der Waals surface area contributed by atoms with E-state index < -0.39 is 5.97 Å². The van der Waals surface area contributed by atoms with Gasteiger partial charge in [-0.2, -0.15) is 0 Å². The molecule has 0 aliphatic rings. The molecule has 42 heavy (non-hydrogen) atoms. The number of rotatable bonds is 17. The van der Waals surface area contributed by atoms with Gasteiger partial charge in [0, 0.05) is 17.9 Å². The maximum Gasteiger partial charge on any atom is 0.335 e. The number of aromatic carboxylic acids is 1. The van der Waals surface area contributed by atoms with Crippen molar-refractivity contribution in [1.82, 2.24) is 0 Å². The first-order valence-electron chi connectivity index (χ1n) is 15.6. The summed E-state index contributed by atoms with van der Waals surface area (Å²) in [4.78, 5) is 34.7. The van der Waals surface area contributed by atoms with Crippen LogP contribution in [-0.2, 0) is 4.79 Å². The van der Waals surface area contributed by atoms with Gasteiger partial charge in [0.25, 0.3) is 0 Å². The third-order valence-electron chi connectivity index (χ3n) is 7.28. The van der Waals surface area contributed by atoms with E-state index in [0.29, 0.717) is 12.2 Å². The number of esters is 1. The molecule has 0 aliphatic carbocycles. The summed E-state index contributed by atoms with van der Waals surface area (Å²) in [5.74, 6) is -0.458. The van der Waals surface area contributed by atoms with Crippen LogP contribution in [0, 0.1) is 5.92 Å². The topological polar surface area (TPSA) is 80.7 Å². The first-order chi connectivity index (χ1) is 20.3. The molecular formula is C37H48O5. The van der Waals surface area contributed by atoms with Crippen LogP contribution >= 0.6 is 0 Å². The molecule has 3 aromatic carbocycles. The maximum absolute atomic E-state index is 12.5. The molecule has 0 aromatic heterocycles. The summed E-state index contributed by atoms with van der Waals surface area (Å²) in [7, 11) is 0. The monoisotopic (exact) mass is 572 g/mol. The summed E-state index contributed by atoms with van der Waals surface area (Å²) in [6.45, 7) is 6.44. The molecule has 3 rings (SSSR count). The highest BCUT2D eigenvalue weighted by Gasteiger charge is 2.14. The fourth-order valence-electron chi connectivity index (χ4n) is 4.65. The van der Waals surface area contributed by atoms with Crippen LogP contribution in [0.4, 0.5) is 0 Å². The molecule has 3 aromatic rings. The van der Waals surface area contributed by atoms with Gasteiger partial charge in [-0.15, -0.1) is 0 Å². The molecule has 0 radical (unpaired) electrons. The molecule has 5 heteroatoms. The second kappa shape index (κ2) is 20.2. The number of carboxylic acid groups (broad SMARTS) is 1. The minimum atomic E-state index is -0.991. The molecule has 1 N–H and O–H groups in total. The number of carbonyl (C=O) groups excluding carboxylic acids is 2. The van der Waals surface area contributed by atoms with E-state index in [1.165, 1.54) is 68.4 Å². The molecule has 0 bridgehead atoms. The standard InChI is InChI=1S/C21H26O.C16H22O4/c1-3-4-5-7-10-17(2)21(22)20-15-13-19(14-16-20)18-11-8-6-9-12-18;1-2-3-4-5-6-7-8-15(17)20-14-11-9-13(10-12-14)16(18)19/h6,8-9,11-17H,3-5,7,10H2,1-2H3;9-12H,2-8H2,1H3,(H,18,19). The van der Waals surface area contributed by atoms with Crippen LogP contribution in [0.15, 0.2) is 78.9 Å². The van der Waals surface area contributed by atoms with E-state index in [2.05, 4.69) is 32.9 Å². The Bertz CT molecular complexity index is 1180. The van der Waals surface area contributed by atoms with E-state index in [-0.39, 0.29) is 23.2 Å². The van der Waals surface area contributed by atoms with E-state index in [1.807, 2.05) is 42.5 Å². The number of benzene rings is 3. The Morgan fingerprint density at radius 1 is 0.643 bits per heavy atom. The molecule has 0 aliphatic heterocycles. The SMILES string of the molecule is CCCCCCC(C)C(=O)c1ccc(-c2ccccc2)cc1.CCCCCCCCC(=O)Oc1ccc(C(=O)O)cc1. The van der Waals surface area contributed by atoms with Crippen LogP contribution in [0.2, 0.25) is 0 Å². The highest BCUT2D eigenvalue weighted by Crippen LogP contribution is 2.22. The van der Waals surface area contributed by atoms with Gasteiger partial charge >= 0.3 is 11.9 Å². The van der Waals surface area contributed by atoms with E-state index in [4.69, 9.17) is 9.84 Å². The van der Waals surface area contributed by atoms with Gasteiger partial charge in [-0.05, 0) is 48.2 Å². The van der Waals surface area contributed by atoms with Gasteiger partial charge in [-0.1, -0.05) is 133 Å². The van der Waals surface area contributed by atoms with Gasteiger partial charge in [0.1, 0.15) is 5.75 Å². The quantitative estimate of drug-likeness (QED) is 0.0753. The number of hydrogen-bond acceptors (Lipinski definition) is 4. The smallest absolute Gasteiger partial charge is 0.335 e. The van der Waals surface area contributed by atoms with Gasteiger partial charge in [0.15, 0.2) is 5.78 Å². The second-order valence-electron chi connectivity index (χ2n) is 10.9. The third-order valence-corrected chi connectivity index (χ3v) is 7.28. The van der Waals surface area contributed by atoms with E-state index in [1.54, 1.807) is 0 Å². The number of carbonyl (C=O) groups is 3. The van der Waals surface area contributed by atoms with E-state index >= 15 is 0 Å². The van der Waals surface area contributed by atoms with Crippen LogP contribution < -0.4 is 4.74 Å². The minimum absolute atomic E-state index is 0.124. The zero-order valence-corrected chi connectivity index (χ0v) is 25.6. The predicted molar refractivity (Wildman–Crippen MR) is 171 cm³/mol. The molecule has 226 valence electrons. The highest BCUT2D eigenvalue weighted by molar-refractivity contribution is 5.98. The summed E-state index contributed by atoms with van der Waals surface area (Å²) < 4.78 is 5.14. The Hall–Kier alpha value is -3.73. The normalized spacial score (nSPS) is 11.2. The Labute approximate surface area is 252 Å². The van der Waals surface area contributed by atoms with Crippen LogP contribution in [0.1, 0.15) is 119 Å². The Morgan fingerprint density at radius 2 is 1.17 bits per heavy atom. The lowest BCUT2D eigenvalue weighted by atomic mass is 9.93. The van der Waals surface area contributed by atoms with Crippen molar-refractivity contribution in [3.8, 4) is 16.9 Å². The first kappa shape index (κ1) is 34.5. The summed E-state index contributed by atoms with van der Waals surface area (Å²) in [6, 6.07) is 24.2. The number of Topliss-reactive ketones (excluding diaryl/α,β-unsaturated/α-hetero) is 1. The van der Waals surface area contributed by atoms with Crippen molar-refractivity contribution < 1.29 is 24.2 Å². The Kier molecular flexibility index (Phi) is 16.6. The molecule has 1 unspecified atom stereocenters. The van der Waals surface area contributed by atoms with Crippen molar-refractivity contribution in [2.75, 3.05) is 0 Å². The fourth-order valence-corrected chi connectivity index (χ4v) is 4.65. The lowest BCUT2D eigenvalue weighted by Gasteiger charge is -2.11. The average molecular weight is 573 g/mol. The largest absolute Gasteiger partial charge is 0.478 e. The number of hydrogen-bond donors (Lipinski definition) is 1. The Balaban J connectivity index is 0.000000295. The van der Waals surface area contributed by atoms with Crippen molar-refractivity contribution in [3.63, 3.8) is 0 Å². The number of ketones is 1. The number of unbranched alkanes of at least 4 members (excludes halogenated alkanes) is 8. The molecule has 0 heterocycles. The van der Waals surface area contributed by atoms with Crippen molar-refractivity contribution >= 4 is 17.7 Å². The molecule has 0 amide bonds. The van der Waals surface area contributed by atoms with Crippen LogP contribution in [0.3, 0.4) is 0 Å². The van der Waals surface area contributed by atoms with E-state index in [0.717, 1.165) is 43.2 Å². The van der Waals surface area contributed by atoms with Gasteiger partial charge in [-0.3, -0.25) is 9.59 Å². The summed E-state index contributed by atoms with van der Waals surface area (Å²) >= 11 is 0. The van der Waals surface area contributed by atoms with E-state index in [9.17, 15) is 14.4 Å². The number of ether oxygens (including phenoxy) is 1. The Morgan fingerprint density at radius 3 is 1.76 bits per heavy atom. The fraction of sp³-hybridized carbons (Fsp3) is 0.432. The van der Waals surface area contributed by atoms with Crippen molar-refractivity contribution in [3.05, 3.63) is 90.0 Å². The molecule has 0 saturated carbocycles. The number of carboxylic acids is 1. The van der Waals surface area contributed by atoms with Gasteiger partial charge in [-0.25, -0.2) is 4.79 Å². The van der Waals surface area contributed by atoms with Crippen molar-refractivity contribution in [2.45, 2.75) is 97.8 Å². The van der Waals surface area contributed by atoms with Gasteiger partial charge in [0.2, 0.25) is 0 Å². The summed E-state index contributed by atoms with van der Waals surface area (Å²) in [6.07, 6.45) is 13.1. The molecular weight excluding hydrogens is 524 g/mol. The lowest BCUT2D eigenvalue weighted by Crippen LogP contribution is -2.11. The average Bonchev–Trinajstić information content (AvgIpc) is 3.01. The van der Waals surface area contributed by atoms with Crippen LogP contribution in [-0.4, -0.2) is 22.8 Å². The van der Waals surface area contributed by atoms with Crippen LogP contribution in [0.5, 0.6) is 5.75 Å². The summed E-state index contributed by atoms with van der Waals surface area (Å²) in [5.41, 5.74) is 3.37. The molecule has 0 fully saturated rings. The summed E-state index contributed by atoms with van der Waals surface area (Å²) in [5, 5.41) is 8.75. The lowest BCUT2D eigenvalue weighted by molar-refractivity contribution is -0.134. The van der Waals surface area contributed by atoms with Gasteiger partial charge < -0.3 is 9.84 Å². The van der Waals surface area contributed by atoms with Crippen molar-refractivity contribution in [2.24, 2.45) is 5.92 Å². The zero-order valence-electron chi connectivity index (χ0n) is 25.6. The molecule has 0 saturated heterocycles. The van der Waals surface area contributed by atoms with Crippen molar-refractivity contribution in [1.29, 1.82) is 0 Å².